The van der Waals surface area contributed by atoms with E-state index in [9.17, 15) is 4.79 Å². The lowest BCUT2D eigenvalue weighted by molar-refractivity contribution is 0.0644. The van der Waals surface area contributed by atoms with Crippen LogP contribution in [0.2, 0.25) is 5.02 Å². The van der Waals surface area contributed by atoms with Gasteiger partial charge in [-0.15, -0.1) is 0 Å². The van der Waals surface area contributed by atoms with Crippen LogP contribution in [-0.2, 0) is 0 Å². The van der Waals surface area contributed by atoms with E-state index in [1.807, 2.05) is 48.2 Å². The number of nitrogens with zero attached hydrogens (tertiary/aromatic N) is 2. The van der Waals surface area contributed by atoms with Crippen LogP contribution in [0.1, 0.15) is 21.6 Å². The number of aryl methyl sites for hydroxylation is 1. The highest BCUT2D eigenvalue weighted by Crippen LogP contribution is 2.26. The van der Waals surface area contributed by atoms with Crippen molar-refractivity contribution in [1.82, 2.24) is 14.8 Å². The molecule has 1 aliphatic heterocycles. The first-order valence-electron chi connectivity index (χ1n) is 9.63. The number of H-pyrrole nitrogens is 1. The molecule has 1 saturated heterocycles. The molecule has 1 amide bonds. The summed E-state index contributed by atoms with van der Waals surface area (Å²) < 4.78 is 0. The van der Waals surface area contributed by atoms with Crippen molar-refractivity contribution < 1.29 is 4.79 Å². The van der Waals surface area contributed by atoms with Crippen LogP contribution in [0.5, 0.6) is 0 Å². The summed E-state index contributed by atoms with van der Waals surface area (Å²) in [5, 5.41) is 1.70. The summed E-state index contributed by atoms with van der Waals surface area (Å²) in [7, 11) is 0. The van der Waals surface area contributed by atoms with Gasteiger partial charge in [-0.2, -0.15) is 0 Å². The molecule has 28 heavy (non-hydrogen) atoms. The second kappa shape index (κ2) is 8.21. The van der Waals surface area contributed by atoms with Crippen LogP contribution in [0, 0.1) is 6.92 Å². The monoisotopic (exact) mass is 393 g/mol. The first-order valence-corrected chi connectivity index (χ1v) is 10.0. The van der Waals surface area contributed by atoms with Crippen molar-refractivity contribution in [2.24, 2.45) is 0 Å². The van der Waals surface area contributed by atoms with E-state index >= 15 is 0 Å². The highest BCUT2D eigenvalue weighted by molar-refractivity contribution is 6.31. The predicted octanol–water partition coefficient (Wildman–Crippen LogP) is 4.60. The lowest BCUT2D eigenvalue weighted by Gasteiger charge is -2.34. The Morgan fingerprint density at radius 3 is 2.61 bits per heavy atom. The molecule has 0 bridgehead atoms. The number of halogens is 1. The van der Waals surface area contributed by atoms with E-state index in [1.165, 1.54) is 5.56 Å². The number of carbonyl (C=O) groups excluding carboxylic acids is 1. The van der Waals surface area contributed by atoms with Gasteiger partial charge in [0.2, 0.25) is 0 Å². The zero-order valence-corrected chi connectivity index (χ0v) is 16.7. The Labute approximate surface area is 170 Å². The Bertz CT molecular complexity index is 1000. The first-order chi connectivity index (χ1) is 13.6. The summed E-state index contributed by atoms with van der Waals surface area (Å²) in [6, 6.07) is 16.0. The van der Waals surface area contributed by atoms with Crippen LogP contribution >= 0.6 is 11.6 Å². The van der Waals surface area contributed by atoms with Crippen molar-refractivity contribution in [3.8, 4) is 0 Å². The van der Waals surface area contributed by atoms with Crippen molar-refractivity contribution in [2.45, 2.75) is 6.92 Å². The van der Waals surface area contributed by atoms with E-state index in [-0.39, 0.29) is 5.91 Å². The van der Waals surface area contributed by atoms with Crippen LogP contribution < -0.4 is 0 Å². The molecule has 144 valence electrons. The summed E-state index contributed by atoms with van der Waals surface area (Å²) in [5.74, 6) is 0.0734. The van der Waals surface area contributed by atoms with Crippen LogP contribution in [0.4, 0.5) is 0 Å². The molecule has 0 spiro atoms. The van der Waals surface area contributed by atoms with Crippen LogP contribution in [0.3, 0.4) is 0 Å². The molecule has 1 N–H and O–H groups in total. The zero-order chi connectivity index (χ0) is 19.5. The van der Waals surface area contributed by atoms with Gasteiger partial charge in [0.1, 0.15) is 5.69 Å². The molecule has 1 aliphatic rings. The second-order valence-corrected chi connectivity index (χ2v) is 7.66. The number of nitrogens with one attached hydrogen (secondary N) is 1. The third-order valence-corrected chi connectivity index (χ3v) is 5.60. The number of hydrogen-bond acceptors (Lipinski definition) is 2. The minimum Gasteiger partial charge on any atom is -0.350 e. The lowest BCUT2D eigenvalue weighted by Crippen LogP contribution is -2.48. The topological polar surface area (TPSA) is 39.3 Å². The molecule has 0 unspecified atom stereocenters. The average molecular weight is 394 g/mol. The normalized spacial score (nSPS) is 15.6. The number of carbonyl (C=O) groups is 1. The number of aromatic nitrogens is 1. The quantitative estimate of drug-likeness (QED) is 0.703. The summed E-state index contributed by atoms with van der Waals surface area (Å²) >= 11 is 6.10. The number of aromatic amines is 1. The second-order valence-electron chi connectivity index (χ2n) is 7.22. The van der Waals surface area contributed by atoms with E-state index in [1.54, 1.807) is 0 Å². The van der Waals surface area contributed by atoms with Gasteiger partial charge in [0, 0.05) is 48.6 Å². The Balaban J connectivity index is 1.36. The minimum absolute atomic E-state index is 0.0734. The van der Waals surface area contributed by atoms with Crippen LogP contribution in [0.15, 0.2) is 54.6 Å². The number of piperazine rings is 1. The van der Waals surface area contributed by atoms with E-state index in [4.69, 9.17) is 11.6 Å². The Morgan fingerprint density at radius 2 is 1.86 bits per heavy atom. The van der Waals surface area contributed by atoms with E-state index < -0.39 is 0 Å². The first kappa shape index (κ1) is 18.8. The molecule has 0 atom stereocenters. The summed E-state index contributed by atoms with van der Waals surface area (Å²) in [6.07, 6.45) is 4.34. The summed E-state index contributed by atoms with van der Waals surface area (Å²) in [5.41, 5.74) is 3.81. The molecule has 0 saturated carbocycles. The van der Waals surface area contributed by atoms with Gasteiger partial charge < -0.3 is 9.88 Å². The maximum Gasteiger partial charge on any atom is 0.270 e. The van der Waals surface area contributed by atoms with Crippen LogP contribution in [-0.4, -0.2) is 53.4 Å². The summed E-state index contributed by atoms with van der Waals surface area (Å²) in [4.78, 5) is 20.6. The molecule has 0 aliphatic carbocycles. The molecule has 1 fully saturated rings. The smallest absolute Gasteiger partial charge is 0.270 e. The maximum absolute atomic E-state index is 13.0. The largest absolute Gasteiger partial charge is 0.350 e. The van der Waals surface area contributed by atoms with Gasteiger partial charge in [-0.1, -0.05) is 54.1 Å². The molecule has 3 aromatic rings. The fraction of sp³-hybridized carbons (Fsp3) is 0.261. The number of amides is 1. The predicted molar refractivity (Wildman–Crippen MR) is 116 cm³/mol. The molecule has 4 rings (SSSR count). The molecule has 5 heteroatoms. The minimum atomic E-state index is 0.0734. The fourth-order valence-electron chi connectivity index (χ4n) is 3.71. The van der Waals surface area contributed by atoms with Crippen molar-refractivity contribution in [3.05, 3.63) is 76.5 Å². The summed E-state index contributed by atoms with van der Waals surface area (Å²) in [6.45, 7) is 6.14. The van der Waals surface area contributed by atoms with Crippen molar-refractivity contribution in [2.75, 3.05) is 32.7 Å². The molecule has 4 nitrogen and oxygen atoms in total. The molecule has 0 radical (unpaired) electrons. The highest BCUT2D eigenvalue weighted by atomic mass is 35.5. The maximum atomic E-state index is 13.0. The van der Waals surface area contributed by atoms with Gasteiger partial charge in [0.15, 0.2) is 0 Å². The number of rotatable bonds is 4. The molecular formula is C23H24ClN3O. The van der Waals surface area contributed by atoms with Gasteiger partial charge in [0.25, 0.3) is 5.91 Å². The Hall–Kier alpha value is -2.56. The SMILES string of the molecule is Cc1c(C(=O)N2CCN(C/C=C/c3ccccc3)CC2)[nH]c2ccc(Cl)cc12. The fourth-order valence-corrected chi connectivity index (χ4v) is 3.88. The van der Waals surface area contributed by atoms with E-state index in [2.05, 4.69) is 34.2 Å². The van der Waals surface area contributed by atoms with Crippen molar-refractivity contribution >= 4 is 34.5 Å². The van der Waals surface area contributed by atoms with E-state index in [0.29, 0.717) is 10.7 Å². The van der Waals surface area contributed by atoms with Crippen LogP contribution in [0.25, 0.3) is 17.0 Å². The third kappa shape index (κ3) is 3.98. The lowest BCUT2D eigenvalue weighted by atomic mass is 10.1. The van der Waals surface area contributed by atoms with Gasteiger partial charge >= 0.3 is 0 Å². The molecule has 2 aromatic carbocycles. The van der Waals surface area contributed by atoms with Gasteiger partial charge in [-0.3, -0.25) is 9.69 Å². The molecule has 1 aromatic heterocycles. The standard InChI is InChI=1S/C23H24ClN3O/c1-17-20-16-19(24)9-10-21(20)25-22(17)23(28)27-14-12-26(13-15-27)11-5-8-18-6-3-2-4-7-18/h2-10,16,25H,11-15H2,1H3/b8-5+. The van der Waals surface area contributed by atoms with Gasteiger partial charge in [-0.25, -0.2) is 0 Å². The van der Waals surface area contributed by atoms with E-state index in [0.717, 1.165) is 49.2 Å². The van der Waals surface area contributed by atoms with Crippen molar-refractivity contribution in [3.63, 3.8) is 0 Å². The van der Waals surface area contributed by atoms with Crippen molar-refractivity contribution in [1.29, 1.82) is 0 Å². The Kier molecular flexibility index (Phi) is 5.51. The van der Waals surface area contributed by atoms with Gasteiger partial charge in [0.05, 0.1) is 0 Å². The highest BCUT2D eigenvalue weighted by Gasteiger charge is 2.24. The number of hydrogen-bond donors (Lipinski definition) is 1. The molecule has 2 heterocycles. The third-order valence-electron chi connectivity index (χ3n) is 5.37. The zero-order valence-electron chi connectivity index (χ0n) is 16.0. The molecular weight excluding hydrogens is 370 g/mol. The Morgan fingerprint density at radius 1 is 1.11 bits per heavy atom. The number of fused-ring (bicyclic) bond motifs is 1. The number of benzene rings is 2. The average Bonchev–Trinajstić information content (AvgIpc) is 3.05. The van der Waals surface area contributed by atoms with Gasteiger partial charge in [-0.05, 0) is 36.2 Å².